The van der Waals surface area contributed by atoms with Crippen molar-refractivity contribution in [3.8, 4) is 11.4 Å². The van der Waals surface area contributed by atoms with Crippen molar-refractivity contribution in [3.63, 3.8) is 0 Å². The minimum Gasteiger partial charge on any atom is -0.292 e. The number of aryl methyl sites for hydroxylation is 2. The Morgan fingerprint density at radius 1 is 0.739 bits per heavy atom. The van der Waals surface area contributed by atoms with E-state index in [1.807, 2.05) is 6.07 Å². The van der Waals surface area contributed by atoms with Gasteiger partial charge in [-0.25, -0.2) is 0 Å². The van der Waals surface area contributed by atoms with Crippen LogP contribution in [0.3, 0.4) is 0 Å². The summed E-state index contributed by atoms with van der Waals surface area (Å²) >= 11 is 0. The van der Waals surface area contributed by atoms with Gasteiger partial charge in [-0.1, -0.05) is 60.7 Å². The van der Waals surface area contributed by atoms with Crippen molar-refractivity contribution in [1.82, 2.24) is 4.57 Å². The van der Waals surface area contributed by atoms with Gasteiger partial charge in [0.1, 0.15) is 0 Å². The van der Waals surface area contributed by atoms with Crippen LogP contribution < -0.4 is 4.57 Å². The Bertz CT molecular complexity index is 961. The van der Waals surface area contributed by atoms with Gasteiger partial charge in [-0.2, -0.15) is 0 Å². The molecule has 0 aliphatic carbocycles. The summed E-state index contributed by atoms with van der Waals surface area (Å²) in [6.45, 7) is 4.30. The Hall–Kier alpha value is -2.87. The Balaban J connectivity index is 2.06. The van der Waals surface area contributed by atoms with Crippen molar-refractivity contribution in [2.24, 2.45) is 0 Å². The van der Waals surface area contributed by atoms with E-state index in [0.29, 0.717) is 0 Å². The maximum Gasteiger partial charge on any atom is 0.269 e. The maximum absolute atomic E-state index is 3.54. The predicted octanol–water partition coefficient (Wildman–Crippen LogP) is 4.32. The largest absolute Gasteiger partial charge is 0.292 e. The molecule has 4 aromatic rings. The van der Waals surface area contributed by atoms with Crippen molar-refractivity contribution >= 4 is 11.0 Å². The second-order valence-corrected chi connectivity index (χ2v) is 5.84. The van der Waals surface area contributed by atoms with E-state index >= 15 is 0 Å². The molecule has 0 bridgehead atoms. The third-order valence-corrected chi connectivity index (χ3v) is 4.24. The van der Waals surface area contributed by atoms with Gasteiger partial charge in [-0.05, 0) is 37.1 Å². The quantitative estimate of drug-likeness (QED) is 0.385. The average Bonchev–Trinajstić information content (AvgIpc) is 2.95. The fourth-order valence-corrected chi connectivity index (χ4v) is 3.15. The molecule has 0 aliphatic rings. The first-order valence-corrected chi connectivity index (χ1v) is 7.82. The summed E-state index contributed by atoms with van der Waals surface area (Å²) in [6, 6.07) is 25.2. The van der Waals surface area contributed by atoms with Crippen LogP contribution in [0, 0.1) is 20.2 Å². The molecule has 0 saturated heterocycles. The zero-order valence-corrected chi connectivity index (χ0v) is 13.3. The lowest BCUT2D eigenvalue weighted by Crippen LogP contribution is -2.29. The molecule has 0 fully saturated rings. The molecule has 2 nitrogen and oxygen atoms in total. The SMILES string of the molecule is Cc1cccc(C)c1-n1[c-][n+](-c2ccccc2)c2ccccc21. The van der Waals surface area contributed by atoms with Crippen LogP contribution in [0.5, 0.6) is 0 Å². The Morgan fingerprint density at radius 2 is 1.39 bits per heavy atom. The second kappa shape index (κ2) is 5.40. The Labute approximate surface area is 136 Å². The maximum atomic E-state index is 3.54. The van der Waals surface area contributed by atoms with Crippen LogP contribution >= 0.6 is 0 Å². The van der Waals surface area contributed by atoms with Crippen LogP contribution in [0.1, 0.15) is 11.1 Å². The first kappa shape index (κ1) is 13.8. The standard InChI is InChI=1S/C21H18N2/c1-16-9-8-10-17(2)21(16)23-15-22(18-11-4-3-5-12-18)19-13-6-7-14-20(19)23/h3-14H,1-2H3. The normalized spacial score (nSPS) is 11.0. The van der Waals surface area contributed by atoms with Crippen LogP contribution in [-0.2, 0) is 0 Å². The number of aromatic nitrogens is 2. The molecule has 1 aromatic heterocycles. The van der Waals surface area contributed by atoms with Crippen molar-refractivity contribution in [2.45, 2.75) is 13.8 Å². The molecule has 3 aromatic carbocycles. The molecule has 0 unspecified atom stereocenters. The van der Waals surface area contributed by atoms with Gasteiger partial charge in [-0.15, -0.1) is 0 Å². The molecule has 0 amide bonds. The number of benzene rings is 3. The fourth-order valence-electron chi connectivity index (χ4n) is 3.15. The van der Waals surface area contributed by atoms with Crippen LogP contribution in [0.25, 0.3) is 22.4 Å². The number of rotatable bonds is 2. The highest BCUT2D eigenvalue weighted by Gasteiger charge is 2.14. The highest BCUT2D eigenvalue weighted by Crippen LogP contribution is 2.23. The molecule has 0 spiro atoms. The molecule has 0 saturated carbocycles. The summed E-state index contributed by atoms with van der Waals surface area (Å²) in [5.41, 5.74) is 7.15. The van der Waals surface area contributed by atoms with Gasteiger partial charge in [0.15, 0.2) is 0 Å². The molecule has 0 atom stereocenters. The van der Waals surface area contributed by atoms with Gasteiger partial charge in [0, 0.05) is 0 Å². The number of hydrogen-bond donors (Lipinski definition) is 0. The average molecular weight is 298 g/mol. The molecule has 4 rings (SSSR count). The number of hydrogen-bond acceptors (Lipinski definition) is 0. The van der Waals surface area contributed by atoms with E-state index in [2.05, 4.69) is 96.0 Å². The van der Waals surface area contributed by atoms with Gasteiger partial charge >= 0.3 is 0 Å². The van der Waals surface area contributed by atoms with Gasteiger partial charge in [-0.3, -0.25) is 9.13 Å². The van der Waals surface area contributed by atoms with E-state index in [4.69, 9.17) is 0 Å². The van der Waals surface area contributed by atoms with Gasteiger partial charge in [0.05, 0.1) is 22.4 Å². The number of fused-ring (bicyclic) bond motifs is 1. The summed E-state index contributed by atoms with van der Waals surface area (Å²) in [5.74, 6) is 0. The first-order chi connectivity index (χ1) is 11.3. The monoisotopic (exact) mass is 298 g/mol. The van der Waals surface area contributed by atoms with Crippen molar-refractivity contribution in [2.75, 3.05) is 0 Å². The molecule has 112 valence electrons. The van der Waals surface area contributed by atoms with Crippen LogP contribution in [-0.4, -0.2) is 4.57 Å². The summed E-state index contributed by atoms with van der Waals surface area (Å²) in [7, 11) is 0. The van der Waals surface area contributed by atoms with Gasteiger partial charge in [0.25, 0.3) is 6.33 Å². The predicted molar refractivity (Wildman–Crippen MR) is 93.1 cm³/mol. The van der Waals surface area contributed by atoms with E-state index in [1.165, 1.54) is 16.8 Å². The lowest BCUT2D eigenvalue weighted by atomic mass is 10.1. The molecule has 0 aliphatic heterocycles. The zero-order chi connectivity index (χ0) is 15.8. The van der Waals surface area contributed by atoms with E-state index in [0.717, 1.165) is 16.7 Å². The van der Waals surface area contributed by atoms with Crippen molar-refractivity contribution in [3.05, 3.63) is 90.3 Å². The van der Waals surface area contributed by atoms with E-state index < -0.39 is 0 Å². The third kappa shape index (κ3) is 2.23. The van der Waals surface area contributed by atoms with Gasteiger partial charge < -0.3 is 0 Å². The van der Waals surface area contributed by atoms with Crippen LogP contribution in [0.2, 0.25) is 0 Å². The number of imidazole rings is 1. The number of nitrogens with zero attached hydrogens (tertiary/aromatic N) is 2. The molecule has 1 heterocycles. The van der Waals surface area contributed by atoms with E-state index in [-0.39, 0.29) is 0 Å². The Morgan fingerprint density at radius 3 is 2.13 bits per heavy atom. The lowest BCUT2D eigenvalue weighted by molar-refractivity contribution is -0.572. The van der Waals surface area contributed by atoms with Gasteiger partial charge in [0.2, 0.25) is 0 Å². The highest BCUT2D eigenvalue weighted by atomic mass is 15.1. The van der Waals surface area contributed by atoms with Crippen LogP contribution in [0.15, 0.2) is 72.8 Å². The topological polar surface area (TPSA) is 8.81 Å². The molecule has 23 heavy (non-hydrogen) atoms. The zero-order valence-electron chi connectivity index (χ0n) is 13.3. The summed E-state index contributed by atoms with van der Waals surface area (Å²) in [4.78, 5) is 0. The molecule has 0 N–H and O–H groups in total. The summed E-state index contributed by atoms with van der Waals surface area (Å²) in [5, 5.41) is 0. The number of para-hydroxylation sites is 4. The van der Waals surface area contributed by atoms with Crippen molar-refractivity contribution < 1.29 is 4.57 Å². The van der Waals surface area contributed by atoms with E-state index in [9.17, 15) is 0 Å². The fraction of sp³-hybridized carbons (Fsp3) is 0.0952. The minimum atomic E-state index is 1.12. The summed E-state index contributed by atoms with van der Waals surface area (Å²) in [6.07, 6.45) is 3.54. The second-order valence-electron chi connectivity index (χ2n) is 5.84. The molecule has 0 radical (unpaired) electrons. The molecular weight excluding hydrogens is 280 g/mol. The van der Waals surface area contributed by atoms with Crippen molar-refractivity contribution in [1.29, 1.82) is 0 Å². The summed E-state index contributed by atoms with van der Waals surface area (Å²) < 4.78 is 4.30. The smallest absolute Gasteiger partial charge is 0.269 e. The van der Waals surface area contributed by atoms with E-state index in [1.54, 1.807) is 0 Å². The first-order valence-electron chi connectivity index (χ1n) is 7.82. The minimum absolute atomic E-state index is 1.12. The molecular formula is C21H18N2. The highest BCUT2D eigenvalue weighted by molar-refractivity contribution is 5.75. The molecule has 2 heteroatoms. The lowest BCUT2D eigenvalue weighted by Gasteiger charge is -2.10. The Kier molecular flexibility index (Phi) is 3.23. The van der Waals surface area contributed by atoms with Crippen LogP contribution in [0.4, 0.5) is 0 Å². The third-order valence-electron chi connectivity index (χ3n) is 4.24.